The van der Waals surface area contributed by atoms with Crippen LogP contribution in [0.3, 0.4) is 0 Å². The van der Waals surface area contributed by atoms with Gasteiger partial charge in [-0.1, -0.05) is 34.8 Å². The summed E-state index contributed by atoms with van der Waals surface area (Å²) in [5.41, 5.74) is 6.47. The third-order valence-corrected chi connectivity index (χ3v) is 3.48. The third kappa shape index (κ3) is 2.91. The maximum Gasteiger partial charge on any atom is 0.158 e. The second-order valence-corrected chi connectivity index (χ2v) is 4.80. The molecule has 0 bridgehead atoms. The molecular weight excluding hydrogens is 284 g/mol. The molecule has 1 atom stereocenters. The zero-order chi connectivity index (χ0) is 13.2. The number of nitrogens with two attached hydrogens (primary N) is 1. The van der Waals surface area contributed by atoms with Gasteiger partial charge in [-0.05, 0) is 13.3 Å². The number of rotatable bonds is 4. The Kier molecular flexibility index (Phi) is 5.20. The molecule has 0 amide bonds. The second kappa shape index (κ2) is 6.01. The number of methoxy groups -OCH3 is 2. The Balaban J connectivity index is 3.49. The Bertz CT molecular complexity index is 422. The molecule has 0 saturated carbocycles. The van der Waals surface area contributed by atoms with Crippen LogP contribution in [0.2, 0.25) is 15.1 Å². The molecule has 6 heteroatoms. The molecule has 1 rings (SSSR count). The first-order valence-electron chi connectivity index (χ1n) is 4.96. The smallest absolute Gasteiger partial charge is 0.158 e. The maximum absolute atomic E-state index is 6.21. The fraction of sp³-hybridized carbons (Fsp3) is 0.455. The number of hydrogen-bond donors (Lipinski definition) is 1. The van der Waals surface area contributed by atoms with Gasteiger partial charge in [-0.25, -0.2) is 0 Å². The van der Waals surface area contributed by atoms with Gasteiger partial charge in [0.1, 0.15) is 15.8 Å². The maximum atomic E-state index is 6.21. The third-order valence-electron chi connectivity index (χ3n) is 2.26. The van der Waals surface area contributed by atoms with Gasteiger partial charge in [-0.2, -0.15) is 0 Å². The van der Waals surface area contributed by atoms with E-state index in [4.69, 9.17) is 50.0 Å². The van der Waals surface area contributed by atoms with Gasteiger partial charge in [0.15, 0.2) is 5.75 Å². The molecule has 0 spiro atoms. The van der Waals surface area contributed by atoms with Gasteiger partial charge < -0.3 is 15.2 Å². The van der Waals surface area contributed by atoms with E-state index in [1.54, 1.807) is 0 Å². The molecule has 0 aliphatic rings. The molecule has 0 aliphatic carbocycles. The predicted octanol–water partition coefficient (Wildman–Crippen LogP) is 3.55. The van der Waals surface area contributed by atoms with Crippen LogP contribution in [0.1, 0.15) is 12.5 Å². The van der Waals surface area contributed by atoms with Gasteiger partial charge in [-0.15, -0.1) is 0 Å². The van der Waals surface area contributed by atoms with Crippen molar-refractivity contribution in [1.29, 1.82) is 0 Å². The number of benzene rings is 1. The molecule has 17 heavy (non-hydrogen) atoms. The van der Waals surface area contributed by atoms with E-state index in [1.165, 1.54) is 14.2 Å². The van der Waals surface area contributed by atoms with Crippen LogP contribution in [0, 0.1) is 0 Å². The Morgan fingerprint density at radius 3 is 1.88 bits per heavy atom. The Morgan fingerprint density at radius 1 is 1.00 bits per heavy atom. The van der Waals surface area contributed by atoms with Gasteiger partial charge in [0, 0.05) is 11.6 Å². The molecule has 2 N–H and O–H groups in total. The van der Waals surface area contributed by atoms with Gasteiger partial charge in [0.2, 0.25) is 0 Å². The molecule has 1 aromatic rings. The normalized spacial score (nSPS) is 12.4. The zero-order valence-corrected chi connectivity index (χ0v) is 12.1. The summed E-state index contributed by atoms with van der Waals surface area (Å²) in [6.45, 7) is 1.87. The first-order chi connectivity index (χ1) is 7.93. The van der Waals surface area contributed by atoms with Gasteiger partial charge in [-0.3, -0.25) is 0 Å². The summed E-state index contributed by atoms with van der Waals surface area (Å²) in [6, 6.07) is -0.0802. The summed E-state index contributed by atoms with van der Waals surface area (Å²) in [6.07, 6.45) is 0.523. The van der Waals surface area contributed by atoms with E-state index in [9.17, 15) is 0 Å². The second-order valence-electron chi connectivity index (χ2n) is 3.67. The fourth-order valence-electron chi connectivity index (χ4n) is 1.56. The van der Waals surface area contributed by atoms with E-state index >= 15 is 0 Å². The molecule has 0 aliphatic heterocycles. The Labute approximate surface area is 116 Å². The predicted molar refractivity (Wildman–Crippen MR) is 71.9 cm³/mol. The van der Waals surface area contributed by atoms with E-state index in [0.717, 1.165) is 0 Å². The first-order valence-corrected chi connectivity index (χ1v) is 6.10. The van der Waals surface area contributed by atoms with Crippen LogP contribution >= 0.6 is 34.8 Å². The lowest BCUT2D eigenvalue weighted by Gasteiger charge is -2.18. The summed E-state index contributed by atoms with van der Waals surface area (Å²) in [7, 11) is 2.98. The average Bonchev–Trinajstić information content (AvgIpc) is 2.27. The van der Waals surface area contributed by atoms with Crippen molar-refractivity contribution < 1.29 is 9.47 Å². The van der Waals surface area contributed by atoms with Crippen molar-refractivity contribution in [2.75, 3.05) is 14.2 Å². The molecule has 0 saturated heterocycles. The van der Waals surface area contributed by atoms with Crippen molar-refractivity contribution >= 4 is 34.8 Å². The topological polar surface area (TPSA) is 44.5 Å². The highest BCUT2D eigenvalue weighted by Gasteiger charge is 2.23. The average molecular weight is 299 g/mol. The van der Waals surface area contributed by atoms with Crippen molar-refractivity contribution in [3.8, 4) is 11.5 Å². The van der Waals surface area contributed by atoms with E-state index in [2.05, 4.69) is 0 Å². The highest BCUT2D eigenvalue weighted by molar-refractivity contribution is 6.46. The molecule has 0 heterocycles. The molecule has 0 radical (unpaired) electrons. The quantitative estimate of drug-likeness (QED) is 0.865. The monoisotopic (exact) mass is 297 g/mol. The van der Waals surface area contributed by atoms with Gasteiger partial charge in [0.05, 0.1) is 19.2 Å². The molecule has 0 fully saturated rings. The van der Waals surface area contributed by atoms with Gasteiger partial charge in [0.25, 0.3) is 0 Å². The molecule has 1 aromatic carbocycles. The summed E-state index contributed by atoms with van der Waals surface area (Å²) in [4.78, 5) is 0. The van der Waals surface area contributed by atoms with Crippen LogP contribution in [-0.4, -0.2) is 20.3 Å². The van der Waals surface area contributed by atoms with Crippen molar-refractivity contribution in [2.24, 2.45) is 5.73 Å². The summed E-state index contributed by atoms with van der Waals surface area (Å²) in [5, 5.41) is 0.909. The minimum atomic E-state index is -0.0802. The van der Waals surface area contributed by atoms with Crippen LogP contribution in [0.15, 0.2) is 0 Å². The first kappa shape index (κ1) is 14.7. The van der Waals surface area contributed by atoms with E-state index in [0.29, 0.717) is 28.5 Å². The van der Waals surface area contributed by atoms with Crippen molar-refractivity contribution in [1.82, 2.24) is 0 Å². The summed E-state index contributed by atoms with van der Waals surface area (Å²) in [5.74, 6) is 0.787. The molecule has 96 valence electrons. The molecule has 3 nitrogen and oxygen atoms in total. The van der Waals surface area contributed by atoms with Gasteiger partial charge >= 0.3 is 0 Å². The summed E-state index contributed by atoms with van der Waals surface area (Å²) >= 11 is 18.4. The fourth-order valence-corrected chi connectivity index (χ4v) is 2.48. The number of ether oxygens (including phenoxy) is 2. The van der Waals surface area contributed by atoms with Crippen LogP contribution in [0.5, 0.6) is 11.5 Å². The number of hydrogen-bond acceptors (Lipinski definition) is 3. The minimum Gasteiger partial charge on any atom is -0.495 e. The highest BCUT2D eigenvalue weighted by atomic mass is 35.5. The van der Waals surface area contributed by atoms with Crippen LogP contribution in [-0.2, 0) is 6.42 Å². The Morgan fingerprint density at radius 2 is 1.47 bits per heavy atom. The summed E-state index contributed by atoms with van der Waals surface area (Å²) < 4.78 is 10.4. The van der Waals surface area contributed by atoms with Crippen LogP contribution < -0.4 is 15.2 Å². The van der Waals surface area contributed by atoms with Crippen LogP contribution in [0.25, 0.3) is 0 Å². The lowest BCUT2D eigenvalue weighted by Crippen LogP contribution is -2.18. The van der Waals surface area contributed by atoms with Crippen molar-refractivity contribution in [3.05, 3.63) is 20.6 Å². The zero-order valence-electron chi connectivity index (χ0n) is 9.81. The van der Waals surface area contributed by atoms with Crippen molar-refractivity contribution in [3.63, 3.8) is 0 Å². The lowest BCUT2D eigenvalue weighted by atomic mass is 10.1. The van der Waals surface area contributed by atoms with E-state index in [1.807, 2.05) is 6.92 Å². The largest absolute Gasteiger partial charge is 0.495 e. The molecule has 1 unspecified atom stereocenters. The lowest BCUT2D eigenvalue weighted by molar-refractivity contribution is 0.398. The van der Waals surface area contributed by atoms with E-state index in [-0.39, 0.29) is 16.1 Å². The van der Waals surface area contributed by atoms with E-state index < -0.39 is 0 Å². The highest BCUT2D eigenvalue weighted by Crippen LogP contribution is 2.47. The van der Waals surface area contributed by atoms with Crippen LogP contribution in [0.4, 0.5) is 0 Å². The van der Waals surface area contributed by atoms with Crippen molar-refractivity contribution in [2.45, 2.75) is 19.4 Å². The molecular formula is C11H14Cl3NO2. The minimum absolute atomic E-state index is 0.0802. The standard InChI is InChI=1S/C11H14Cl3NO2/c1-5(15)4-6-7(12)11(17-3)9(14)8(13)10(6)16-2/h5H,4,15H2,1-3H3. The SMILES string of the molecule is COc1c(Cl)c(Cl)c(OC)c(CC(C)N)c1Cl. The number of halogens is 3. The Hall–Kier alpha value is -0.350. The molecule has 0 aromatic heterocycles.